The van der Waals surface area contributed by atoms with Crippen LogP contribution < -0.4 is 10.1 Å². The Morgan fingerprint density at radius 2 is 1.70 bits per heavy atom. The number of piperazine rings is 1. The molecular weight excluding hydrogens is 307 g/mol. The number of methoxy groups -OCH3 is 1. The number of nitrogens with zero attached hydrogens (tertiary/aromatic N) is 1. The van der Waals surface area contributed by atoms with Gasteiger partial charge in [0, 0.05) is 5.56 Å². The van der Waals surface area contributed by atoms with E-state index >= 15 is 0 Å². The van der Waals surface area contributed by atoms with Crippen molar-refractivity contribution in [3.63, 3.8) is 0 Å². The van der Waals surface area contributed by atoms with Crippen LogP contribution in [-0.2, 0) is 9.59 Å². The van der Waals surface area contributed by atoms with E-state index in [9.17, 15) is 14.4 Å². The molecule has 6 nitrogen and oxygen atoms in total. The summed E-state index contributed by atoms with van der Waals surface area (Å²) < 4.78 is 4.98. The fourth-order valence-electron chi connectivity index (χ4n) is 1.84. The summed E-state index contributed by atoms with van der Waals surface area (Å²) in [6.07, 6.45) is 0. The number of benzene rings is 1. The number of imide groups is 1. The zero-order valence-electron chi connectivity index (χ0n) is 10.4. The number of hydrogen-bond donors (Lipinski definition) is 1. The van der Waals surface area contributed by atoms with Crippen molar-refractivity contribution in [3.8, 4) is 5.75 Å². The normalized spacial score (nSPS) is 15.1. The van der Waals surface area contributed by atoms with Gasteiger partial charge in [-0.15, -0.1) is 0 Å². The summed E-state index contributed by atoms with van der Waals surface area (Å²) in [4.78, 5) is 35.9. The maximum absolute atomic E-state index is 12.2. The fraction of sp³-hybridized carbons (Fsp3) is 0.250. The maximum Gasteiger partial charge on any atom is 0.254 e. The number of carbonyl (C=O) groups excluding carboxylic acids is 3. The third-order valence-corrected chi connectivity index (χ3v) is 3.25. The molecule has 1 saturated heterocycles. The Bertz CT molecular complexity index is 564. The van der Waals surface area contributed by atoms with E-state index in [4.69, 9.17) is 27.9 Å². The molecule has 1 fully saturated rings. The lowest BCUT2D eigenvalue weighted by Crippen LogP contribution is -2.53. The minimum Gasteiger partial charge on any atom is -0.494 e. The van der Waals surface area contributed by atoms with Gasteiger partial charge in [0.2, 0.25) is 11.8 Å². The van der Waals surface area contributed by atoms with Gasteiger partial charge in [-0.25, -0.2) is 0 Å². The molecule has 1 aliphatic heterocycles. The molecule has 0 atom stereocenters. The van der Waals surface area contributed by atoms with Gasteiger partial charge < -0.3 is 9.64 Å². The molecule has 106 valence electrons. The maximum atomic E-state index is 12.2. The van der Waals surface area contributed by atoms with Gasteiger partial charge in [-0.3, -0.25) is 19.7 Å². The van der Waals surface area contributed by atoms with Crippen LogP contribution in [0.4, 0.5) is 0 Å². The molecule has 0 bridgehead atoms. The first-order valence-corrected chi connectivity index (χ1v) is 6.33. The van der Waals surface area contributed by atoms with Crippen molar-refractivity contribution < 1.29 is 19.1 Å². The molecule has 0 unspecified atom stereocenters. The van der Waals surface area contributed by atoms with Gasteiger partial charge in [0.1, 0.15) is 13.1 Å². The molecule has 1 aliphatic rings. The molecule has 0 aromatic heterocycles. The summed E-state index contributed by atoms with van der Waals surface area (Å²) >= 11 is 11.9. The molecule has 1 heterocycles. The van der Waals surface area contributed by atoms with Gasteiger partial charge in [-0.2, -0.15) is 0 Å². The van der Waals surface area contributed by atoms with Crippen LogP contribution in [0.15, 0.2) is 12.1 Å². The minimum atomic E-state index is -0.527. The molecule has 8 heteroatoms. The van der Waals surface area contributed by atoms with Crippen LogP contribution in [0.1, 0.15) is 10.4 Å². The summed E-state index contributed by atoms with van der Waals surface area (Å²) in [5, 5.41) is 2.47. The van der Waals surface area contributed by atoms with Gasteiger partial charge in [0.15, 0.2) is 5.75 Å². The van der Waals surface area contributed by atoms with Crippen LogP contribution in [0, 0.1) is 0 Å². The van der Waals surface area contributed by atoms with Crippen LogP contribution in [0.2, 0.25) is 10.0 Å². The third kappa shape index (κ3) is 2.86. The predicted octanol–water partition coefficient (Wildman–Crippen LogP) is 1.10. The Balaban J connectivity index is 2.29. The number of rotatable bonds is 2. The first-order valence-electron chi connectivity index (χ1n) is 5.57. The van der Waals surface area contributed by atoms with Crippen molar-refractivity contribution >= 4 is 40.9 Å². The van der Waals surface area contributed by atoms with Crippen molar-refractivity contribution in [3.05, 3.63) is 27.7 Å². The van der Waals surface area contributed by atoms with Gasteiger partial charge in [0.25, 0.3) is 5.91 Å². The standard InChI is InChI=1S/C12H10Cl2N2O4/c1-20-11-7(13)2-6(3-8(11)14)12(19)16-4-9(17)15-10(18)5-16/h2-3H,4-5H2,1H3,(H,15,17,18). The predicted molar refractivity (Wildman–Crippen MR) is 72.1 cm³/mol. The zero-order valence-corrected chi connectivity index (χ0v) is 11.9. The molecule has 1 N–H and O–H groups in total. The van der Waals surface area contributed by atoms with Gasteiger partial charge in [0.05, 0.1) is 17.2 Å². The lowest BCUT2D eigenvalue weighted by molar-refractivity contribution is -0.135. The topological polar surface area (TPSA) is 75.7 Å². The largest absolute Gasteiger partial charge is 0.494 e. The molecule has 0 spiro atoms. The number of nitrogens with one attached hydrogen (secondary N) is 1. The van der Waals surface area contributed by atoms with Crippen LogP contribution in [0.3, 0.4) is 0 Å². The van der Waals surface area contributed by atoms with E-state index in [2.05, 4.69) is 5.32 Å². The second kappa shape index (κ2) is 5.68. The van der Waals surface area contributed by atoms with E-state index in [-0.39, 0.29) is 34.4 Å². The van der Waals surface area contributed by atoms with E-state index in [0.717, 1.165) is 4.90 Å². The Hall–Kier alpha value is -1.79. The molecule has 1 aromatic rings. The highest BCUT2D eigenvalue weighted by molar-refractivity contribution is 6.37. The monoisotopic (exact) mass is 316 g/mol. The zero-order chi connectivity index (χ0) is 14.9. The quantitative estimate of drug-likeness (QED) is 0.829. The second-order valence-corrected chi connectivity index (χ2v) is 4.92. The highest BCUT2D eigenvalue weighted by atomic mass is 35.5. The summed E-state index contributed by atoms with van der Waals surface area (Å²) in [6, 6.07) is 2.76. The summed E-state index contributed by atoms with van der Waals surface area (Å²) in [5.74, 6) is -1.29. The summed E-state index contributed by atoms with van der Waals surface area (Å²) in [7, 11) is 1.40. The molecule has 20 heavy (non-hydrogen) atoms. The number of carbonyl (C=O) groups is 3. The number of halogens is 2. The Labute approximate surface area is 124 Å². The Kier molecular flexibility index (Phi) is 4.15. The van der Waals surface area contributed by atoms with Crippen molar-refractivity contribution in [2.75, 3.05) is 20.2 Å². The van der Waals surface area contributed by atoms with Crippen molar-refractivity contribution in [2.45, 2.75) is 0 Å². The van der Waals surface area contributed by atoms with E-state index in [1.165, 1.54) is 19.2 Å². The lowest BCUT2D eigenvalue weighted by atomic mass is 10.1. The summed E-state index contributed by atoms with van der Waals surface area (Å²) in [5.41, 5.74) is 0.184. The van der Waals surface area contributed by atoms with Crippen molar-refractivity contribution in [1.29, 1.82) is 0 Å². The number of ether oxygens (including phenoxy) is 1. The average molecular weight is 317 g/mol. The van der Waals surface area contributed by atoms with Crippen LogP contribution >= 0.6 is 23.2 Å². The fourth-order valence-corrected chi connectivity index (χ4v) is 2.48. The van der Waals surface area contributed by atoms with Gasteiger partial charge in [-0.05, 0) is 12.1 Å². The third-order valence-electron chi connectivity index (χ3n) is 2.68. The molecule has 0 aliphatic carbocycles. The van der Waals surface area contributed by atoms with E-state index < -0.39 is 17.7 Å². The Morgan fingerprint density at radius 3 is 2.15 bits per heavy atom. The SMILES string of the molecule is COc1c(Cl)cc(C(=O)N2CC(=O)NC(=O)C2)cc1Cl. The first kappa shape index (κ1) is 14.6. The van der Waals surface area contributed by atoms with E-state index in [1.54, 1.807) is 0 Å². The Morgan fingerprint density at radius 1 is 1.20 bits per heavy atom. The highest BCUT2D eigenvalue weighted by Crippen LogP contribution is 2.34. The molecule has 1 aromatic carbocycles. The van der Waals surface area contributed by atoms with Crippen LogP contribution in [0.5, 0.6) is 5.75 Å². The average Bonchev–Trinajstić information content (AvgIpc) is 2.36. The summed E-state index contributed by atoms with van der Waals surface area (Å²) in [6.45, 7) is -0.377. The smallest absolute Gasteiger partial charge is 0.254 e. The van der Waals surface area contributed by atoms with Crippen LogP contribution in [0.25, 0.3) is 0 Å². The lowest BCUT2D eigenvalue weighted by Gasteiger charge is -2.25. The van der Waals surface area contributed by atoms with Crippen molar-refractivity contribution in [2.24, 2.45) is 0 Å². The van der Waals surface area contributed by atoms with E-state index in [1.807, 2.05) is 0 Å². The minimum absolute atomic E-state index is 0.177. The number of amides is 3. The molecule has 0 radical (unpaired) electrons. The molecule has 3 amide bonds. The van der Waals surface area contributed by atoms with Crippen molar-refractivity contribution in [1.82, 2.24) is 10.2 Å². The highest BCUT2D eigenvalue weighted by Gasteiger charge is 2.27. The van der Waals surface area contributed by atoms with Gasteiger partial charge in [-0.1, -0.05) is 23.2 Å². The first-order chi connectivity index (χ1) is 9.42. The number of hydrogen-bond acceptors (Lipinski definition) is 4. The van der Waals surface area contributed by atoms with E-state index in [0.29, 0.717) is 0 Å². The molecule has 2 rings (SSSR count). The molecule has 0 saturated carbocycles. The van der Waals surface area contributed by atoms with Crippen LogP contribution in [-0.4, -0.2) is 42.8 Å². The second-order valence-electron chi connectivity index (χ2n) is 4.11. The molecular formula is C12H10Cl2N2O4. The van der Waals surface area contributed by atoms with Gasteiger partial charge >= 0.3 is 0 Å².